The topological polar surface area (TPSA) is 70.2 Å². The predicted octanol–water partition coefficient (Wildman–Crippen LogP) is 1.46. The Morgan fingerprint density at radius 1 is 1.45 bits per heavy atom. The Morgan fingerprint density at radius 3 is 2.90 bits per heavy atom. The summed E-state index contributed by atoms with van der Waals surface area (Å²) in [7, 11) is 0. The third kappa shape index (κ3) is 3.95. The highest BCUT2D eigenvalue weighted by molar-refractivity contribution is 6.33. The molecule has 0 aromatic heterocycles. The number of halogens is 1. The van der Waals surface area contributed by atoms with E-state index < -0.39 is 0 Å². The number of carbonyl (C=O) groups is 2. The van der Waals surface area contributed by atoms with Gasteiger partial charge in [-0.1, -0.05) is 17.7 Å². The second kappa shape index (κ2) is 6.72. The van der Waals surface area contributed by atoms with Gasteiger partial charge in [-0.15, -0.1) is 0 Å². The van der Waals surface area contributed by atoms with Crippen LogP contribution in [0.2, 0.25) is 5.02 Å². The zero-order valence-corrected chi connectivity index (χ0v) is 12.1. The van der Waals surface area contributed by atoms with E-state index in [1.165, 1.54) is 0 Å². The largest absolute Gasteiger partial charge is 0.346 e. The van der Waals surface area contributed by atoms with Gasteiger partial charge < -0.3 is 16.0 Å². The van der Waals surface area contributed by atoms with Crippen LogP contribution in [0.1, 0.15) is 18.4 Å². The van der Waals surface area contributed by atoms with E-state index in [0.29, 0.717) is 10.7 Å². The molecule has 1 atom stereocenters. The lowest BCUT2D eigenvalue weighted by molar-refractivity contribution is -0.125. The Morgan fingerprint density at radius 2 is 2.25 bits per heavy atom. The molecule has 1 aliphatic heterocycles. The molecule has 1 saturated heterocycles. The molecule has 3 N–H and O–H groups in total. The second-order valence-electron chi connectivity index (χ2n) is 4.90. The van der Waals surface area contributed by atoms with Crippen LogP contribution in [0, 0.1) is 6.92 Å². The summed E-state index contributed by atoms with van der Waals surface area (Å²) in [5, 5.41) is 8.86. The van der Waals surface area contributed by atoms with Gasteiger partial charge in [0.05, 0.1) is 23.3 Å². The number of hydrogen-bond acceptors (Lipinski definition) is 3. The minimum absolute atomic E-state index is 0.0543. The van der Waals surface area contributed by atoms with Gasteiger partial charge in [-0.05, 0) is 44.0 Å². The minimum Gasteiger partial charge on any atom is -0.346 e. The second-order valence-corrected chi connectivity index (χ2v) is 5.31. The fraction of sp³-hybridized carbons (Fsp3) is 0.429. The molecular formula is C14H18ClN3O2. The smallest absolute Gasteiger partial charge is 0.243 e. The SMILES string of the molecule is Cc1ccc(NC(=O)CNC(=O)C2CCCN2)c(Cl)c1. The van der Waals surface area contributed by atoms with Gasteiger partial charge in [0.2, 0.25) is 11.8 Å². The average Bonchev–Trinajstić information content (AvgIpc) is 2.93. The average molecular weight is 296 g/mol. The Labute approximate surface area is 123 Å². The highest BCUT2D eigenvalue weighted by atomic mass is 35.5. The third-order valence-electron chi connectivity index (χ3n) is 3.20. The normalized spacial score (nSPS) is 17.8. The van der Waals surface area contributed by atoms with Crippen LogP contribution in [0.4, 0.5) is 5.69 Å². The van der Waals surface area contributed by atoms with Gasteiger partial charge in [-0.2, -0.15) is 0 Å². The van der Waals surface area contributed by atoms with Crippen molar-refractivity contribution in [2.24, 2.45) is 0 Å². The van der Waals surface area contributed by atoms with Crippen molar-refractivity contribution in [1.29, 1.82) is 0 Å². The number of carbonyl (C=O) groups excluding carboxylic acids is 2. The van der Waals surface area contributed by atoms with Gasteiger partial charge in [0.1, 0.15) is 0 Å². The number of aryl methyl sites for hydroxylation is 1. The maximum absolute atomic E-state index is 11.8. The molecule has 1 unspecified atom stereocenters. The Balaban J connectivity index is 1.81. The molecule has 1 aromatic carbocycles. The molecule has 20 heavy (non-hydrogen) atoms. The fourth-order valence-corrected chi connectivity index (χ4v) is 2.40. The van der Waals surface area contributed by atoms with Gasteiger partial charge in [0.15, 0.2) is 0 Å². The molecule has 0 spiro atoms. The first-order valence-corrected chi connectivity index (χ1v) is 7.01. The molecule has 2 rings (SSSR count). The summed E-state index contributed by atoms with van der Waals surface area (Å²) in [5.41, 5.74) is 1.57. The molecule has 1 heterocycles. The van der Waals surface area contributed by atoms with Crippen LogP contribution in [0.3, 0.4) is 0 Å². The van der Waals surface area contributed by atoms with E-state index in [1.807, 2.05) is 13.0 Å². The van der Waals surface area contributed by atoms with Gasteiger partial charge in [0.25, 0.3) is 0 Å². The first kappa shape index (κ1) is 14.8. The van der Waals surface area contributed by atoms with Gasteiger partial charge in [0, 0.05) is 0 Å². The van der Waals surface area contributed by atoms with E-state index in [4.69, 9.17) is 11.6 Å². The number of nitrogens with one attached hydrogen (secondary N) is 3. The van der Waals surface area contributed by atoms with Crippen LogP contribution in [-0.2, 0) is 9.59 Å². The van der Waals surface area contributed by atoms with Crippen molar-refractivity contribution in [1.82, 2.24) is 10.6 Å². The number of amides is 2. The first-order valence-electron chi connectivity index (χ1n) is 6.63. The van der Waals surface area contributed by atoms with Crippen molar-refractivity contribution in [3.05, 3.63) is 28.8 Å². The molecule has 2 amide bonds. The van der Waals surface area contributed by atoms with Crippen molar-refractivity contribution < 1.29 is 9.59 Å². The summed E-state index contributed by atoms with van der Waals surface area (Å²) in [6.07, 6.45) is 1.81. The number of anilines is 1. The highest BCUT2D eigenvalue weighted by Crippen LogP contribution is 2.22. The van der Waals surface area contributed by atoms with Crippen LogP contribution in [0.25, 0.3) is 0 Å². The molecule has 0 aliphatic carbocycles. The van der Waals surface area contributed by atoms with Crippen LogP contribution < -0.4 is 16.0 Å². The van der Waals surface area contributed by atoms with Crippen molar-refractivity contribution in [2.75, 3.05) is 18.4 Å². The summed E-state index contributed by atoms with van der Waals surface area (Å²) in [6.45, 7) is 2.72. The van der Waals surface area contributed by atoms with E-state index in [9.17, 15) is 9.59 Å². The van der Waals surface area contributed by atoms with E-state index in [0.717, 1.165) is 24.9 Å². The standard InChI is InChI=1S/C14H18ClN3O2/c1-9-4-5-11(10(15)7-9)18-13(19)8-17-14(20)12-3-2-6-16-12/h4-5,7,12,16H,2-3,6,8H2,1H3,(H,17,20)(H,18,19). The lowest BCUT2D eigenvalue weighted by Crippen LogP contribution is -2.43. The molecule has 1 aliphatic rings. The zero-order chi connectivity index (χ0) is 14.5. The Kier molecular flexibility index (Phi) is 4.98. The van der Waals surface area contributed by atoms with Gasteiger partial charge in [-0.3, -0.25) is 9.59 Å². The van der Waals surface area contributed by atoms with E-state index in [2.05, 4.69) is 16.0 Å². The van der Waals surface area contributed by atoms with Crippen molar-refractivity contribution >= 4 is 29.1 Å². The quantitative estimate of drug-likeness (QED) is 0.787. The molecular weight excluding hydrogens is 278 g/mol. The summed E-state index contributed by atoms with van der Waals surface area (Å²) >= 11 is 6.03. The lowest BCUT2D eigenvalue weighted by Gasteiger charge is -2.12. The summed E-state index contributed by atoms with van der Waals surface area (Å²) in [6, 6.07) is 5.21. The third-order valence-corrected chi connectivity index (χ3v) is 3.51. The molecule has 6 heteroatoms. The van der Waals surface area contributed by atoms with E-state index in [1.54, 1.807) is 12.1 Å². The Hall–Kier alpha value is -1.59. The molecule has 1 fully saturated rings. The van der Waals surface area contributed by atoms with Crippen molar-refractivity contribution in [2.45, 2.75) is 25.8 Å². The summed E-state index contributed by atoms with van der Waals surface area (Å²) < 4.78 is 0. The van der Waals surface area contributed by atoms with Crippen molar-refractivity contribution in [3.8, 4) is 0 Å². The molecule has 5 nitrogen and oxygen atoms in total. The fourth-order valence-electron chi connectivity index (χ4n) is 2.11. The van der Waals surface area contributed by atoms with Crippen LogP contribution in [0.5, 0.6) is 0 Å². The van der Waals surface area contributed by atoms with E-state index >= 15 is 0 Å². The summed E-state index contributed by atoms with van der Waals surface area (Å²) in [5.74, 6) is -0.422. The highest BCUT2D eigenvalue weighted by Gasteiger charge is 2.22. The van der Waals surface area contributed by atoms with Gasteiger partial charge >= 0.3 is 0 Å². The van der Waals surface area contributed by atoms with Crippen molar-refractivity contribution in [3.63, 3.8) is 0 Å². The van der Waals surface area contributed by atoms with Crippen LogP contribution in [-0.4, -0.2) is 30.9 Å². The molecule has 0 bridgehead atoms. The maximum Gasteiger partial charge on any atom is 0.243 e. The monoisotopic (exact) mass is 295 g/mol. The molecule has 0 saturated carbocycles. The molecule has 1 aromatic rings. The molecule has 0 radical (unpaired) electrons. The van der Waals surface area contributed by atoms with Gasteiger partial charge in [-0.25, -0.2) is 0 Å². The number of hydrogen-bond donors (Lipinski definition) is 3. The number of benzene rings is 1. The molecule has 108 valence electrons. The van der Waals surface area contributed by atoms with E-state index in [-0.39, 0.29) is 24.4 Å². The zero-order valence-electron chi connectivity index (χ0n) is 11.3. The Bertz CT molecular complexity index is 513. The minimum atomic E-state index is -0.290. The van der Waals surface area contributed by atoms with Crippen LogP contribution in [0.15, 0.2) is 18.2 Å². The van der Waals surface area contributed by atoms with Crippen LogP contribution >= 0.6 is 11.6 Å². The predicted molar refractivity (Wildman–Crippen MR) is 78.9 cm³/mol. The maximum atomic E-state index is 11.8. The lowest BCUT2D eigenvalue weighted by atomic mass is 10.2. The first-order chi connectivity index (χ1) is 9.56. The number of rotatable bonds is 4. The summed E-state index contributed by atoms with van der Waals surface area (Å²) in [4.78, 5) is 23.5.